The van der Waals surface area contributed by atoms with Gasteiger partial charge in [-0.3, -0.25) is 4.79 Å². The minimum atomic E-state index is -0.828. The van der Waals surface area contributed by atoms with Crippen LogP contribution in [0, 0.1) is 0 Å². The molecule has 0 fully saturated rings. The van der Waals surface area contributed by atoms with Crippen LogP contribution in [-0.2, 0) is 14.4 Å². The molecule has 0 aliphatic rings. The summed E-state index contributed by atoms with van der Waals surface area (Å²) in [6.07, 6.45) is 0.243. The summed E-state index contributed by atoms with van der Waals surface area (Å²) in [6, 6.07) is 0. The van der Waals surface area contributed by atoms with Crippen molar-refractivity contribution < 1.29 is 19.5 Å². The largest absolute Gasteiger partial charge is 0.390 e. The van der Waals surface area contributed by atoms with E-state index in [1.165, 1.54) is 34.6 Å². The van der Waals surface area contributed by atoms with E-state index in [-0.39, 0.29) is 23.8 Å². The van der Waals surface area contributed by atoms with Crippen LogP contribution in [0.2, 0.25) is 0 Å². The minimum absolute atomic E-state index is 0.0255. The zero-order valence-electron chi connectivity index (χ0n) is 11.4. The molecule has 0 aromatic rings. The average Bonchev–Trinajstić information content (AvgIpc) is 1.74. The van der Waals surface area contributed by atoms with Crippen LogP contribution in [0.15, 0.2) is 0 Å². The molecule has 0 saturated heterocycles. The number of hydrogen-bond acceptors (Lipinski definition) is 4. The van der Waals surface area contributed by atoms with Crippen LogP contribution in [0.25, 0.3) is 0 Å². The van der Waals surface area contributed by atoms with Gasteiger partial charge in [0.25, 0.3) is 0 Å². The Balaban J connectivity index is -0.000000179. The Morgan fingerprint density at radius 2 is 1.06 bits per heavy atom. The van der Waals surface area contributed by atoms with Crippen molar-refractivity contribution in [2.24, 2.45) is 0 Å². The van der Waals surface area contributed by atoms with Gasteiger partial charge in [-0.1, -0.05) is 0 Å². The standard InChI is InChI=1S/C6H12O2.2C3H6O/c1-5(7)4-6(2,3)8;2*1-3(2)4/h8H,4H2,1-3H3;2*1-2H3. The fraction of sp³-hybridized carbons (Fsp3) is 0.750. The third-order valence-corrected chi connectivity index (χ3v) is 0.682. The van der Waals surface area contributed by atoms with Gasteiger partial charge in [-0.25, -0.2) is 0 Å². The lowest BCUT2D eigenvalue weighted by molar-refractivity contribution is -0.120. The molecule has 0 rings (SSSR count). The summed E-state index contributed by atoms with van der Waals surface area (Å²) in [6.45, 7) is 10.8. The number of rotatable bonds is 2. The van der Waals surface area contributed by atoms with Crippen LogP contribution < -0.4 is 0 Å². The Hall–Kier alpha value is -1.03. The van der Waals surface area contributed by atoms with Crippen molar-refractivity contribution >= 4 is 17.3 Å². The van der Waals surface area contributed by atoms with Gasteiger partial charge in [0.1, 0.15) is 17.3 Å². The Bertz CT molecular complexity index is 204. The maximum absolute atomic E-state index is 10.3. The third kappa shape index (κ3) is 118. The van der Waals surface area contributed by atoms with Crippen molar-refractivity contribution in [2.45, 2.75) is 60.5 Å². The molecule has 0 amide bonds. The van der Waals surface area contributed by atoms with Gasteiger partial charge in [0.15, 0.2) is 0 Å². The van der Waals surface area contributed by atoms with Crippen molar-refractivity contribution in [2.75, 3.05) is 0 Å². The molecule has 4 heteroatoms. The Labute approximate surface area is 98.0 Å². The molecule has 0 radical (unpaired) electrons. The number of Topliss-reactive ketones (excluding diaryl/α,β-unsaturated/α-hetero) is 3. The van der Waals surface area contributed by atoms with E-state index in [1.54, 1.807) is 13.8 Å². The highest BCUT2D eigenvalue weighted by molar-refractivity contribution is 5.76. The van der Waals surface area contributed by atoms with Gasteiger partial charge in [0.05, 0.1) is 5.60 Å². The lowest BCUT2D eigenvalue weighted by Crippen LogP contribution is -2.21. The van der Waals surface area contributed by atoms with E-state index >= 15 is 0 Å². The zero-order chi connectivity index (χ0) is 13.9. The number of carbonyl (C=O) groups is 3. The summed E-state index contributed by atoms with van der Waals surface area (Å²) >= 11 is 0. The lowest BCUT2D eigenvalue weighted by Gasteiger charge is -2.13. The molecule has 0 aliphatic heterocycles. The Kier molecular flexibility index (Phi) is 13.4. The van der Waals surface area contributed by atoms with Crippen LogP contribution in [0.4, 0.5) is 0 Å². The summed E-state index contributed by atoms with van der Waals surface area (Å²) in [4.78, 5) is 29.2. The molecular formula is C12H24O4. The molecule has 0 saturated carbocycles. The SMILES string of the molecule is CC(=O)CC(C)(C)O.CC(C)=O.CC(C)=O. The fourth-order valence-corrected chi connectivity index (χ4v) is 0.609. The highest BCUT2D eigenvalue weighted by atomic mass is 16.3. The highest BCUT2D eigenvalue weighted by Gasteiger charge is 2.13. The van der Waals surface area contributed by atoms with Gasteiger partial charge in [0.2, 0.25) is 0 Å². The Morgan fingerprint density at radius 3 is 1.06 bits per heavy atom. The molecule has 0 spiro atoms. The monoisotopic (exact) mass is 232 g/mol. The molecule has 0 aliphatic carbocycles. The molecule has 0 bridgehead atoms. The predicted molar refractivity (Wildman–Crippen MR) is 64.3 cm³/mol. The molecule has 0 heterocycles. The van der Waals surface area contributed by atoms with Crippen LogP contribution in [-0.4, -0.2) is 28.1 Å². The van der Waals surface area contributed by atoms with Gasteiger partial charge in [-0.05, 0) is 48.5 Å². The summed E-state index contributed by atoms with van der Waals surface area (Å²) in [5.74, 6) is 0.359. The third-order valence-electron chi connectivity index (χ3n) is 0.682. The molecule has 4 nitrogen and oxygen atoms in total. The fourth-order valence-electron chi connectivity index (χ4n) is 0.609. The molecule has 0 aromatic carbocycles. The van der Waals surface area contributed by atoms with Crippen LogP contribution >= 0.6 is 0 Å². The smallest absolute Gasteiger partial charge is 0.132 e. The Morgan fingerprint density at radius 1 is 0.875 bits per heavy atom. The number of aliphatic hydroxyl groups is 1. The van der Waals surface area contributed by atoms with Gasteiger partial charge in [0, 0.05) is 6.42 Å². The second-order valence-electron chi connectivity index (χ2n) is 4.51. The second-order valence-corrected chi connectivity index (χ2v) is 4.51. The number of hydrogen-bond donors (Lipinski definition) is 1. The topological polar surface area (TPSA) is 71.4 Å². The first kappa shape index (κ1) is 20.4. The molecule has 16 heavy (non-hydrogen) atoms. The van der Waals surface area contributed by atoms with Gasteiger partial charge >= 0.3 is 0 Å². The molecule has 0 aromatic heterocycles. The van der Waals surface area contributed by atoms with E-state index in [0.29, 0.717) is 0 Å². The van der Waals surface area contributed by atoms with Crippen molar-refractivity contribution in [1.29, 1.82) is 0 Å². The van der Waals surface area contributed by atoms with Gasteiger partial charge in [-0.2, -0.15) is 0 Å². The second kappa shape index (κ2) is 10.5. The lowest BCUT2D eigenvalue weighted by atomic mass is 10.0. The molecule has 96 valence electrons. The zero-order valence-corrected chi connectivity index (χ0v) is 11.4. The van der Waals surface area contributed by atoms with Gasteiger partial charge in [-0.15, -0.1) is 0 Å². The van der Waals surface area contributed by atoms with Crippen molar-refractivity contribution in [3.8, 4) is 0 Å². The van der Waals surface area contributed by atoms with Crippen molar-refractivity contribution in [3.05, 3.63) is 0 Å². The summed E-state index contributed by atoms with van der Waals surface area (Å²) in [5, 5.41) is 8.97. The maximum Gasteiger partial charge on any atom is 0.132 e. The minimum Gasteiger partial charge on any atom is -0.390 e. The predicted octanol–water partition coefficient (Wildman–Crippen LogP) is 1.93. The first-order chi connectivity index (χ1) is 6.88. The van der Waals surface area contributed by atoms with E-state index in [2.05, 4.69) is 0 Å². The quantitative estimate of drug-likeness (QED) is 0.789. The van der Waals surface area contributed by atoms with E-state index in [4.69, 9.17) is 5.11 Å². The summed E-state index contributed by atoms with van der Waals surface area (Å²) < 4.78 is 0. The van der Waals surface area contributed by atoms with Crippen LogP contribution in [0.5, 0.6) is 0 Å². The van der Waals surface area contributed by atoms with Crippen LogP contribution in [0.1, 0.15) is 54.9 Å². The maximum atomic E-state index is 10.3. The molecule has 0 atom stereocenters. The van der Waals surface area contributed by atoms with E-state index in [1.807, 2.05) is 0 Å². The van der Waals surface area contributed by atoms with Crippen molar-refractivity contribution in [3.63, 3.8) is 0 Å². The van der Waals surface area contributed by atoms with Crippen LogP contribution in [0.3, 0.4) is 0 Å². The molecule has 0 unspecified atom stereocenters. The number of ketones is 3. The van der Waals surface area contributed by atoms with Crippen molar-refractivity contribution in [1.82, 2.24) is 0 Å². The van der Waals surface area contributed by atoms with E-state index < -0.39 is 5.60 Å². The highest BCUT2D eigenvalue weighted by Crippen LogP contribution is 2.06. The summed E-state index contributed by atoms with van der Waals surface area (Å²) in [5.41, 5.74) is -0.828. The van der Waals surface area contributed by atoms with E-state index in [9.17, 15) is 14.4 Å². The number of carbonyl (C=O) groups excluding carboxylic acids is 3. The molecule has 1 N–H and O–H groups in total. The first-order valence-corrected chi connectivity index (χ1v) is 5.04. The summed E-state index contributed by atoms with van der Waals surface area (Å²) in [7, 11) is 0. The van der Waals surface area contributed by atoms with E-state index in [0.717, 1.165) is 0 Å². The van der Waals surface area contributed by atoms with Gasteiger partial charge < -0.3 is 14.7 Å². The normalized spacial score (nSPS) is 9.00. The average molecular weight is 232 g/mol. The molecular weight excluding hydrogens is 208 g/mol. The first-order valence-electron chi connectivity index (χ1n) is 5.04.